The second kappa shape index (κ2) is 11.1. The highest BCUT2D eigenvalue weighted by molar-refractivity contribution is 8.00. The van der Waals surface area contributed by atoms with Crippen LogP contribution in [0.15, 0.2) is 77.3 Å². The van der Waals surface area contributed by atoms with Crippen molar-refractivity contribution in [3.63, 3.8) is 0 Å². The summed E-state index contributed by atoms with van der Waals surface area (Å²) in [5.74, 6) is 0.152. The molecule has 1 atom stereocenters. The van der Waals surface area contributed by atoms with Crippen LogP contribution in [0.1, 0.15) is 17.6 Å². The molecule has 33 heavy (non-hydrogen) atoms. The number of aromatic nitrogens is 3. The maximum atomic E-state index is 14.0. The van der Waals surface area contributed by atoms with Gasteiger partial charge in [-0.15, -0.1) is 21.5 Å². The summed E-state index contributed by atoms with van der Waals surface area (Å²) in [6.45, 7) is 2.45. The maximum Gasteiger partial charge on any atom is 0.233 e. The average molecular weight is 483 g/mol. The Morgan fingerprint density at radius 1 is 1.12 bits per heavy atom. The molecule has 170 valence electrons. The number of amides is 1. The third kappa shape index (κ3) is 6.00. The molecule has 0 aliphatic heterocycles. The number of nitrogens with zero attached hydrogens (tertiary/aromatic N) is 3. The van der Waals surface area contributed by atoms with Crippen molar-refractivity contribution in [1.82, 2.24) is 20.1 Å². The third-order valence-corrected chi connectivity index (χ3v) is 6.79. The molecule has 2 aromatic carbocycles. The highest BCUT2D eigenvalue weighted by Crippen LogP contribution is 2.27. The first-order chi connectivity index (χ1) is 16.1. The molecule has 2 aromatic heterocycles. The first-order valence-corrected chi connectivity index (χ1v) is 12.2. The Balaban J connectivity index is 1.46. The molecular weight excluding hydrogens is 459 g/mol. The number of halogens is 1. The molecule has 0 bridgehead atoms. The monoisotopic (exact) mass is 482 g/mol. The van der Waals surface area contributed by atoms with Gasteiger partial charge in [0.1, 0.15) is 6.61 Å². The summed E-state index contributed by atoms with van der Waals surface area (Å²) >= 11 is 3.00. The zero-order valence-electron chi connectivity index (χ0n) is 18.0. The van der Waals surface area contributed by atoms with Gasteiger partial charge in [-0.1, -0.05) is 48.2 Å². The van der Waals surface area contributed by atoms with E-state index >= 15 is 0 Å². The fourth-order valence-corrected chi connectivity index (χ4v) is 4.75. The van der Waals surface area contributed by atoms with Crippen LogP contribution in [0.4, 0.5) is 4.39 Å². The van der Waals surface area contributed by atoms with E-state index in [9.17, 15) is 9.18 Å². The van der Waals surface area contributed by atoms with Crippen LogP contribution in [0.3, 0.4) is 0 Å². The molecule has 9 heteroatoms. The summed E-state index contributed by atoms with van der Waals surface area (Å²) in [4.78, 5) is 13.9. The van der Waals surface area contributed by atoms with Gasteiger partial charge in [-0.05, 0) is 49.1 Å². The van der Waals surface area contributed by atoms with E-state index in [4.69, 9.17) is 4.74 Å². The number of carbonyl (C=O) groups is 1. The van der Waals surface area contributed by atoms with E-state index < -0.39 is 5.82 Å². The zero-order chi connectivity index (χ0) is 23.0. The van der Waals surface area contributed by atoms with Gasteiger partial charge in [-0.2, -0.15) is 0 Å². The summed E-state index contributed by atoms with van der Waals surface area (Å²) in [6, 6.07) is 19.9. The molecular formula is C24H23FN4O2S2. The van der Waals surface area contributed by atoms with Gasteiger partial charge >= 0.3 is 0 Å². The largest absolute Gasteiger partial charge is 0.483 e. The summed E-state index contributed by atoms with van der Waals surface area (Å²) < 4.78 is 21.4. The van der Waals surface area contributed by atoms with Crippen LogP contribution in [0, 0.1) is 5.82 Å². The molecule has 0 spiro atoms. The van der Waals surface area contributed by atoms with Crippen molar-refractivity contribution in [2.75, 3.05) is 6.54 Å². The number of thioether (sulfide) groups is 1. The topological polar surface area (TPSA) is 69.0 Å². The fourth-order valence-electron chi connectivity index (χ4n) is 3.13. The van der Waals surface area contributed by atoms with E-state index in [0.717, 1.165) is 12.1 Å². The van der Waals surface area contributed by atoms with Gasteiger partial charge in [0.2, 0.25) is 5.91 Å². The lowest BCUT2D eigenvalue weighted by molar-refractivity contribution is -0.120. The molecule has 4 rings (SSSR count). The van der Waals surface area contributed by atoms with Crippen LogP contribution >= 0.6 is 23.1 Å². The molecule has 6 nitrogen and oxygen atoms in total. The Morgan fingerprint density at radius 2 is 1.91 bits per heavy atom. The van der Waals surface area contributed by atoms with Gasteiger partial charge in [-0.25, -0.2) is 4.39 Å². The minimum atomic E-state index is -0.439. The summed E-state index contributed by atoms with van der Waals surface area (Å²) in [5, 5.41) is 13.8. The van der Waals surface area contributed by atoms with E-state index in [1.54, 1.807) is 29.5 Å². The van der Waals surface area contributed by atoms with E-state index in [0.29, 0.717) is 17.5 Å². The van der Waals surface area contributed by atoms with E-state index in [-0.39, 0.29) is 23.5 Å². The number of thiophene rings is 1. The predicted molar refractivity (Wildman–Crippen MR) is 128 cm³/mol. The molecule has 0 fully saturated rings. The van der Waals surface area contributed by atoms with Crippen molar-refractivity contribution in [1.29, 1.82) is 0 Å². The Bertz CT molecular complexity index is 1180. The minimum Gasteiger partial charge on any atom is -0.483 e. The minimum absolute atomic E-state index is 0.0325. The quantitative estimate of drug-likeness (QED) is 0.326. The lowest BCUT2D eigenvalue weighted by Crippen LogP contribution is -2.32. The molecule has 1 unspecified atom stereocenters. The Kier molecular flexibility index (Phi) is 7.74. The second-order valence-electron chi connectivity index (χ2n) is 7.17. The first kappa shape index (κ1) is 23.0. The Labute approximate surface area is 199 Å². The number of para-hydroxylation sites is 2. The number of nitrogens with one attached hydrogen (secondary N) is 1. The van der Waals surface area contributed by atoms with E-state index in [2.05, 4.69) is 21.6 Å². The standard InChI is InChI=1S/C24H23FN4O2S2/c1-17(23(30)26-14-13-19-10-7-15-32-19)33-24-28-27-22(29(24)18-8-3-2-4-9-18)16-31-21-12-6-5-11-20(21)25/h2-12,15,17H,13-14,16H2,1H3,(H,26,30). The van der Waals surface area contributed by atoms with Crippen molar-refractivity contribution in [2.45, 2.75) is 30.4 Å². The van der Waals surface area contributed by atoms with Crippen molar-refractivity contribution in [3.05, 3.63) is 88.6 Å². The third-order valence-electron chi connectivity index (χ3n) is 4.81. The van der Waals surface area contributed by atoms with Crippen molar-refractivity contribution < 1.29 is 13.9 Å². The van der Waals surface area contributed by atoms with Crippen molar-refractivity contribution in [3.8, 4) is 11.4 Å². The predicted octanol–water partition coefficient (Wildman–Crippen LogP) is 4.89. The molecule has 0 aliphatic carbocycles. The lowest BCUT2D eigenvalue weighted by atomic mass is 10.3. The van der Waals surface area contributed by atoms with Gasteiger partial charge in [0.15, 0.2) is 22.5 Å². The van der Waals surface area contributed by atoms with E-state index in [1.807, 2.05) is 53.3 Å². The normalized spacial score (nSPS) is 11.8. The molecule has 1 N–H and O–H groups in total. The zero-order valence-corrected chi connectivity index (χ0v) is 19.6. The molecule has 0 aliphatic rings. The average Bonchev–Trinajstić information content (AvgIpc) is 3.49. The van der Waals surface area contributed by atoms with E-state index in [1.165, 1.54) is 22.7 Å². The highest BCUT2D eigenvalue weighted by atomic mass is 32.2. The number of ether oxygens (including phenoxy) is 1. The highest BCUT2D eigenvalue weighted by Gasteiger charge is 2.21. The summed E-state index contributed by atoms with van der Waals surface area (Å²) in [5.41, 5.74) is 0.836. The first-order valence-electron chi connectivity index (χ1n) is 10.5. The Hall–Kier alpha value is -3.17. The van der Waals surface area contributed by atoms with Crippen LogP contribution in [-0.2, 0) is 17.8 Å². The molecule has 1 amide bonds. The SMILES string of the molecule is CC(Sc1nnc(COc2ccccc2F)n1-c1ccccc1)C(=O)NCCc1cccs1. The molecule has 0 saturated heterocycles. The van der Waals surface area contributed by atoms with Crippen LogP contribution in [0.25, 0.3) is 5.69 Å². The molecule has 4 aromatic rings. The van der Waals surface area contributed by atoms with Crippen LogP contribution in [0.2, 0.25) is 0 Å². The van der Waals surface area contributed by atoms with Crippen LogP contribution < -0.4 is 10.1 Å². The van der Waals surface area contributed by atoms with Gasteiger partial charge in [-0.3, -0.25) is 9.36 Å². The number of carbonyl (C=O) groups excluding carboxylic acids is 1. The molecule has 0 radical (unpaired) electrons. The van der Waals surface area contributed by atoms with Crippen LogP contribution in [0.5, 0.6) is 5.75 Å². The van der Waals surface area contributed by atoms with Crippen LogP contribution in [-0.4, -0.2) is 32.5 Å². The lowest BCUT2D eigenvalue weighted by Gasteiger charge is -2.14. The summed E-state index contributed by atoms with van der Waals surface area (Å²) in [7, 11) is 0. The maximum absolute atomic E-state index is 14.0. The molecule has 0 saturated carbocycles. The Morgan fingerprint density at radius 3 is 2.67 bits per heavy atom. The van der Waals surface area contributed by atoms with Gasteiger partial charge in [0.25, 0.3) is 0 Å². The van der Waals surface area contributed by atoms with Crippen molar-refractivity contribution >= 4 is 29.0 Å². The number of rotatable bonds is 10. The van der Waals surface area contributed by atoms with Gasteiger partial charge < -0.3 is 10.1 Å². The van der Waals surface area contributed by atoms with Gasteiger partial charge in [0.05, 0.1) is 5.25 Å². The fraction of sp³-hybridized carbons (Fsp3) is 0.208. The molecule has 2 heterocycles. The van der Waals surface area contributed by atoms with Gasteiger partial charge in [0, 0.05) is 17.1 Å². The summed E-state index contributed by atoms with van der Waals surface area (Å²) in [6.07, 6.45) is 0.804. The number of hydrogen-bond donors (Lipinski definition) is 1. The number of hydrogen-bond acceptors (Lipinski definition) is 6. The second-order valence-corrected chi connectivity index (χ2v) is 9.51. The smallest absolute Gasteiger partial charge is 0.233 e. The number of benzene rings is 2. The van der Waals surface area contributed by atoms with Crippen molar-refractivity contribution in [2.24, 2.45) is 0 Å².